The SMILES string of the molecule is C=C(Sc1ccccc1N)c1ccc(-c2ccc(-c3ccc([Si](C)(C)C)cc3)cc2)cc1. The maximum Gasteiger partial charge on any atom is 0.0775 e. The van der Waals surface area contributed by atoms with Gasteiger partial charge in [-0.3, -0.25) is 0 Å². The lowest BCUT2D eigenvalue weighted by Crippen LogP contribution is -2.37. The molecule has 0 amide bonds. The molecule has 0 heterocycles. The molecule has 0 aliphatic carbocycles. The minimum atomic E-state index is -1.26. The lowest BCUT2D eigenvalue weighted by molar-refractivity contribution is 1.47. The fourth-order valence-electron chi connectivity index (χ4n) is 3.63. The number of hydrogen-bond acceptors (Lipinski definition) is 2. The molecule has 0 aliphatic rings. The van der Waals surface area contributed by atoms with Gasteiger partial charge in [-0.1, -0.05) is 128 Å². The number of anilines is 1. The van der Waals surface area contributed by atoms with E-state index < -0.39 is 8.07 Å². The third-order valence-electron chi connectivity index (χ3n) is 5.66. The Kier molecular flexibility index (Phi) is 6.40. The molecule has 0 radical (unpaired) electrons. The van der Waals surface area contributed by atoms with Crippen LogP contribution in [-0.2, 0) is 0 Å². The van der Waals surface area contributed by atoms with Crippen LogP contribution in [-0.4, -0.2) is 8.07 Å². The van der Waals surface area contributed by atoms with E-state index in [1.54, 1.807) is 11.8 Å². The van der Waals surface area contributed by atoms with E-state index in [-0.39, 0.29) is 0 Å². The first-order valence-corrected chi connectivity index (χ1v) is 15.2. The molecule has 0 unspecified atom stereocenters. The summed E-state index contributed by atoms with van der Waals surface area (Å²) in [5.74, 6) is 0. The van der Waals surface area contributed by atoms with Gasteiger partial charge in [0, 0.05) is 15.5 Å². The number of para-hydroxylation sites is 1. The fourth-order valence-corrected chi connectivity index (χ4v) is 5.65. The van der Waals surface area contributed by atoms with Gasteiger partial charge in [0.1, 0.15) is 0 Å². The van der Waals surface area contributed by atoms with Crippen molar-refractivity contribution in [3.05, 3.63) is 109 Å². The van der Waals surface area contributed by atoms with Gasteiger partial charge in [0.15, 0.2) is 0 Å². The number of nitrogen functional groups attached to an aromatic ring is 1. The van der Waals surface area contributed by atoms with Crippen molar-refractivity contribution in [2.24, 2.45) is 0 Å². The van der Waals surface area contributed by atoms with Gasteiger partial charge in [0.2, 0.25) is 0 Å². The first kappa shape index (κ1) is 22.2. The van der Waals surface area contributed by atoms with Crippen molar-refractivity contribution in [1.29, 1.82) is 0 Å². The van der Waals surface area contributed by atoms with Crippen molar-refractivity contribution >= 4 is 35.6 Å². The predicted molar refractivity (Wildman–Crippen MR) is 146 cm³/mol. The summed E-state index contributed by atoms with van der Waals surface area (Å²) in [6.45, 7) is 11.4. The number of thioether (sulfide) groups is 1. The molecule has 0 aromatic heterocycles. The molecule has 160 valence electrons. The highest BCUT2D eigenvalue weighted by molar-refractivity contribution is 8.08. The average molecular weight is 452 g/mol. The van der Waals surface area contributed by atoms with Crippen LogP contribution in [0.1, 0.15) is 5.56 Å². The number of rotatable bonds is 6. The van der Waals surface area contributed by atoms with E-state index in [4.69, 9.17) is 5.73 Å². The third kappa shape index (κ3) is 5.06. The lowest BCUT2D eigenvalue weighted by Gasteiger charge is -2.16. The van der Waals surface area contributed by atoms with Crippen LogP contribution in [0.2, 0.25) is 19.6 Å². The molecule has 0 spiro atoms. The van der Waals surface area contributed by atoms with Crippen LogP contribution < -0.4 is 10.9 Å². The van der Waals surface area contributed by atoms with Crippen LogP contribution >= 0.6 is 11.8 Å². The number of benzene rings is 4. The van der Waals surface area contributed by atoms with Gasteiger partial charge in [0.25, 0.3) is 0 Å². The molecule has 1 nitrogen and oxygen atoms in total. The molecule has 32 heavy (non-hydrogen) atoms. The molecule has 4 aromatic carbocycles. The van der Waals surface area contributed by atoms with Crippen molar-refractivity contribution in [2.45, 2.75) is 24.5 Å². The predicted octanol–water partition coefficient (Wildman–Crippen LogP) is 7.91. The molecular weight excluding hydrogens is 422 g/mol. The standard InChI is InChI=1S/C29H29NSSi/c1-21(31-29-8-6-5-7-28(29)30)22-9-11-23(12-10-22)24-13-15-25(16-14-24)26-17-19-27(20-18-26)32(2,3)4/h5-20H,1,30H2,2-4H3. The minimum absolute atomic E-state index is 0.783. The second kappa shape index (κ2) is 9.23. The van der Waals surface area contributed by atoms with Gasteiger partial charge in [0.05, 0.1) is 8.07 Å². The van der Waals surface area contributed by atoms with E-state index >= 15 is 0 Å². The normalized spacial score (nSPS) is 11.3. The van der Waals surface area contributed by atoms with Crippen molar-refractivity contribution < 1.29 is 0 Å². The van der Waals surface area contributed by atoms with Gasteiger partial charge in [-0.15, -0.1) is 0 Å². The van der Waals surface area contributed by atoms with Crippen molar-refractivity contribution in [3.63, 3.8) is 0 Å². The fraction of sp³-hybridized carbons (Fsp3) is 0.103. The summed E-state index contributed by atoms with van der Waals surface area (Å²) in [7, 11) is -1.26. The maximum atomic E-state index is 6.07. The maximum absolute atomic E-state index is 6.07. The lowest BCUT2D eigenvalue weighted by atomic mass is 9.99. The summed E-state index contributed by atoms with van der Waals surface area (Å²) in [5.41, 5.74) is 12.9. The molecule has 3 heteroatoms. The summed E-state index contributed by atoms with van der Waals surface area (Å²) < 4.78 is 0. The number of nitrogens with two attached hydrogens (primary N) is 1. The average Bonchev–Trinajstić information content (AvgIpc) is 2.80. The first-order valence-electron chi connectivity index (χ1n) is 10.8. The molecule has 0 bridgehead atoms. The van der Waals surface area contributed by atoms with Gasteiger partial charge < -0.3 is 5.73 Å². The van der Waals surface area contributed by atoms with E-state index in [2.05, 4.69) is 99.0 Å². The van der Waals surface area contributed by atoms with E-state index in [1.165, 1.54) is 27.4 Å². The van der Waals surface area contributed by atoms with Crippen LogP contribution in [0.15, 0.2) is 109 Å². The highest BCUT2D eigenvalue weighted by Gasteiger charge is 2.15. The van der Waals surface area contributed by atoms with Crippen LogP contribution in [0.25, 0.3) is 27.2 Å². The molecule has 0 atom stereocenters. The van der Waals surface area contributed by atoms with Crippen LogP contribution in [0.4, 0.5) is 5.69 Å². The smallest absolute Gasteiger partial charge is 0.0775 e. The first-order chi connectivity index (χ1) is 15.3. The molecule has 4 aromatic rings. The van der Waals surface area contributed by atoms with E-state index in [0.717, 1.165) is 21.1 Å². The molecule has 2 N–H and O–H groups in total. The zero-order valence-corrected chi connectivity index (χ0v) is 20.7. The molecule has 0 fully saturated rings. The summed E-state index contributed by atoms with van der Waals surface area (Å²) in [5, 5.41) is 1.49. The van der Waals surface area contributed by atoms with Crippen LogP contribution in [0.5, 0.6) is 0 Å². The quantitative estimate of drug-likeness (QED) is 0.183. The molecule has 4 rings (SSSR count). The Labute approximate surface area is 197 Å². The number of hydrogen-bond donors (Lipinski definition) is 1. The highest BCUT2D eigenvalue weighted by Crippen LogP contribution is 2.36. The summed E-state index contributed by atoms with van der Waals surface area (Å²) in [6, 6.07) is 34.4. The monoisotopic (exact) mass is 451 g/mol. The highest BCUT2D eigenvalue weighted by atomic mass is 32.2. The van der Waals surface area contributed by atoms with Gasteiger partial charge in [-0.2, -0.15) is 0 Å². The Bertz CT molecular complexity index is 1220. The zero-order chi connectivity index (χ0) is 22.7. The van der Waals surface area contributed by atoms with Crippen molar-refractivity contribution in [2.75, 3.05) is 5.73 Å². The van der Waals surface area contributed by atoms with E-state index in [0.29, 0.717) is 0 Å². The van der Waals surface area contributed by atoms with Gasteiger partial charge in [-0.25, -0.2) is 0 Å². The second-order valence-corrected chi connectivity index (χ2v) is 15.3. The van der Waals surface area contributed by atoms with E-state index in [1.807, 2.05) is 24.3 Å². The Morgan fingerprint density at radius 3 is 1.56 bits per heavy atom. The molecule has 0 saturated heterocycles. The Hall–Kier alpha value is -3.01. The van der Waals surface area contributed by atoms with Crippen LogP contribution in [0.3, 0.4) is 0 Å². The Morgan fingerprint density at radius 2 is 1.09 bits per heavy atom. The summed E-state index contributed by atoms with van der Waals surface area (Å²) in [6.07, 6.45) is 0. The minimum Gasteiger partial charge on any atom is -0.398 e. The topological polar surface area (TPSA) is 26.0 Å². The van der Waals surface area contributed by atoms with Crippen molar-refractivity contribution in [1.82, 2.24) is 0 Å². The second-order valence-electron chi connectivity index (χ2n) is 9.05. The van der Waals surface area contributed by atoms with Crippen molar-refractivity contribution in [3.8, 4) is 22.3 Å². The molecule has 0 aliphatic heterocycles. The molecular formula is C29H29NSSi. The van der Waals surface area contributed by atoms with Gasteiger partial charge >= 0.3 is 0 Å². The zero-order valence-electron chi connectivity index (χ0n) is 18.9. The van der Waals surface area contributed by atoms with Gasteiger partial charge in [-0.05, 0) is 39.9 Å². The third-order valence-corrected chi connectivity index (χ3v) is 8.80. The van der Waals surface area contributed by atoms with Crippen LogP contribution in [0, 0.1) is 0 Å². The van der Waals surface area contributed by atoms with E-state index in [9.17, 15) is 0 Å². The Balaban J connectivity index is 1.47. The summed E-state index contributed by atoms with van der Waals surface area (Å²) in [4.78, 5) is 2.03. The summed E-state index contributed by atoms with van der Waals surface area (Å²) >= 11 is 1.61. The Morgan fingerprint density at radius 1 is 0.656 bits per heavy atom. The largest absolute Gasteiger partial charge is 0.398 e. The molecule has 0 saturated carbocycles.